The van der Waals surface area contributed by atoms with Crippen molar-refractivity contribution in [3.05, 3.63) is 41.7 Å². The van der Waals surface area contributed by atoms with Crippen LogP contribution in [0, 0.1) is 12.8 Å². The van der Waals surface area contributed by atoms with Gasteiger partial charge in [0.15, 0.2) is 0 Å². The minimum absolute atomic E-state index is 0.341. The van der Waals surface area contributed by atoms with E-state index in [-0.39, 0.29) is 0 Å². The molecule has 5 heterocycles. The lowest BCUT2D eigenvalue weighted by Gasteiger charge is -2.36. The van der Waals surface area contributed by atoms with Crippen LogP contribution >= 0.6 is 0 Å². The number of benzene rings is 1. The predicted molar refractivity (Wildman–Crippen MR) is 120 cm³/mol. The smallest absolute Gasteiger partial charge is 0.136 e. The van der Waals surface area contributed by atoms with Crippen molar-refractivity contribution in [3.8, 4) is 11.3 Å². The van der Waals surface area contributed by atoms with Gasteiger partial charge in [-0.3, -0.25) is 4.98 Å². The number of hydrogen-bond donors (Lipinski definition) is 1. The van der Waals surface area contributed by atoms with Gasteiger partial charge in [-0.25, -0.2) is 4.68 Å². The second-order valence-corrected chi connectivity index (χ2v) is 9.16. The van der Waals surface area contributed by atoms with Crippen molar-refractivity contribution in [2.24, 2.45) is 13.0 Å². The van der Waals surface area contributed by atoms with Gasteiger partial charge >= 0.3 is 0 Å². The first-order chi connectivity index (χ1) is 15.5. The fraction of sp³-hybridized carbons (Fsp3) is 0.458. The lowest BCUT2D eigenvalue weighted by molar-refractivity contribution is -0.184. The third-order valence-corrected chi connectivity index (χ3v) is 6.97. The summed E-state index contributed by atoms with van der Waals surface area (Å²) >= 11 is 0. The molecule has 2 fully saturated rings. The molecule has 2 saturated heterocycles. The Morgan fingerprint density at radius 1 is 1.12 bits per heavy atom. The molecular formula is C24H27N5O3. The first kappa shape index (κ1) is 19.8. The third-order valence-electron chi connectivity index (χ3n) is 6.97. The summed E-state index contributed by atoms with van der Waals surface area (Å²) in [5.74, 6) is 0.546. The van der Waals surface area contributed by atoms with Crippen molar-refractivity contribution in [1.82, 2.24) is 24.5 Å². The van der Waals surface area contributed by atoms with E-state index in [1.165, 1.54) is 0 Å². The maximum Gasteiger partial charge on any atom is 0.136 e. The van der Waals surface area contributed by atoms with Gasteiger partial charge in [0.2, 0.25) is 0 Å². The van der Waals surface area contributed by atoms with E-state index in [1.807, 2.05) is 26.2 Å². The molecule has 0 radical (unpaired) electrons. The Balaban J connectivity index is 1.56. The van der Waals surface area contributed by atoms with Gasteiger partial charge in [-0.2, -0.15) is 0 Å². The zero-order chi connectivity index (χ0) is 21.9. The minimum atomic E-state index is -0.899. The fourth-order valence-corrected chi connectivity index (χ4v) is 5.07. The lowest BCUT2D eigenvalue weighted by atomic mass is 9.91. The van der Waals surface area contributed by atoms with Gasteiger partial charge in [0.25, 0.3) is 0 Å². The maximum absolute atomic E-state index is 10.9. The quantitative estimate of drug-likeness (QED) is 0.533. The molecule has 6 rings (SSSR count). The van der Waals surface area contributed by atoms with Crippen molar-refractivity contribution in [2.45, 2.75) is 31.9 Å². The highest BCUT2D eigenvalue weighted by Crippen LogP contribution is 2.37. The number of aryl methyl sites for hydroxylation is 2. The molecule has 166 valence electrons. The first-order valence-corrected chi connectivity index (χ1v) is 11.2. The molecule has 2 aliphatic heterocycles. The van der Waals surface area contributed by atoms with Gasteiger partial charge < -0.3 is 19.1 Å². The van der Waals surface area contributed by atoms with Gasteiger partial charge in [-0.05, 0) is 43.4 Å². The van der Waals surface area contributed by atoms with E-state index in [4.69, 9.17) is 14.5 Å². The second-order valence-electron chi connectivity index (χ2n) is 9.16. The predicted octanol–water partition coefficient (Wildman–Crippen LogP) is 2.94. The molecular weight excluding hydrogens is 406 g/mol. The molecule has 3 aromatic heterocycles. The average Bonchev–Trinajstić information content (AvgIpc) is 3.28. The van der Waals surface area contributed by atoms with Gasteiger partial charge in [-0.15, -0.1) is 5.10 Å². The first-order valence-electron chi connectivity index (χ1n) is 11.2. The molecule has 0 amide bonds. The highest BCUT2D eigenvalue weighted by Gasteiger charge is 2.38. The van der Waals surface area contributed by atoms with E-state index < -0.39 is 5.60 Å². The van der Waals surface area contributed by atoms with Gasteiger partial charge in [0, 0.05) is 44.0 Å². The number of ether oxygens (including phenoxy) is 2. The van der Waals surface area contributed by atoms with Crippen LogP contribution in [-0.4, -0.2) is 56.1 Å². The SMILES string of the molecule is Cc1nnn(C)c1-c1cnc2c3ccc(C4(O)COC4)cc3n(CC3CCOCC3)c2c1. The summed E-state index contributed by atoms with van der Waals surface area (Å²) in [5, 5.41) is 20.4. The second kappa shape index (κ2) is 7.37. The van der Waals surface area contributed by atoms with Crippen LogP contribution in [0.3, 0.4) is 0 Å². The molecule has 2 aliphatic rings. The summed E-state index contributed by atoms with van der Waals surface area (Å²) in [5.41, 5.74) is 6.05. The highest BCUT2D eigenvalue weighted by molar-refractivity contribution is 6.06. The van der Waals surface area contributed by atoms with E-state index in [0.717, 1.165) is 77.1 Å². The van der Waals surface area contributed by atoms with E-state index in [2.05, 4.69) is 33.1 Å². The van der Waals surface area contributed by atoms with Crippen LogP contribution < -0.4 is 0 Å². The number of fused-ring (bicyclic) bond motifs is 3. The number of hydrogen-bond acceptors (Lipinski definition) is 6. The summed E-state index contributed by atoms with van der Waals surface area (Å²) in [6.45, 7) is 5.18. The lowest BCUT2D eigenvalue weighted by Crippen LogP contribution is -2.46. The normalized spacial score (nSPS) is 19.0. The Bertz CT molecular complexity index is 1290. The topological polar surface area (TPSA) is 87.2 Å². The van der Waals surface area contributed by atoms with Crippen molar-refractivity contribution in [1.29, 1.82) is 0 Å². The molecule has 8 heteroatoms. The number of rotatable bonds is 4. The van der Waals surface area contributed by atoms with E-state index in [9.17, 15) is 5.11 Å². The molecule has 0 saturated carbocycles. The fourth-order valence-electron chi connectivity index (χ4n) is 5.07. The molecule has 0 bridgehead atoms. The third kappa shape index (κ3) is 3.05. The van der Waals surface area contributed by atoms with Crippen molar-refractivity contribution in [2.75, 3.05) is 26.4 Å². The monoisotopic (exact) mass is 433 g/mol. The van der Waals surface area contributed by atoms with Crippen LogP contribution in [0.25, 0.3) is 33.2 Å². The Kier molecular flexibility index (Phi) is 4.57. The molecule has 1 aromatic carbocycles. The van der Waals surface area contributed by atoms with Gasteiger partial charge in [0.1, 0.15) is 5.60 Å². The molecule has 32 heavy (non-hydrogen) atoms. The zero-order valence-electron chi connectivity index (χ0n) is 18.4. The van der Waals surface area contributed by atoms with Crippen LogP contribution in [-0.2, 0) is 28.7 Å². The summed E-state index contributed by atoms with van der Waals surface area (Å²) in [6, 6.07) is 8.42. The highest BCUT2D eigenvalue weighted by atomic mass is 16.5. The van der Waals surface area contributed by atoms with E-state index in [0.29, 0.717) is 19.1 Å². The van der Waals surface area contributed by atoms with E-state index in [1.54, 1.807) is 4.68 Å². The minimum Gasteiger partial charge on any atom is -0.381 e. The number of nitrogens with zero attached hydrogens (tertiary/aromatic N) is 5. The van der Waals surface area contributed by atoms with Crippen molar-refractivity contribution >= 4 is 21.9 Å². The molecule has 8 nitrogen and oxygen atoms in total. The molecule has 1 N–H and O–H groups in total. The molecule has 0 atom stereocenters. The number of aromatic nitrogens is 5. The largest absolute Gasteiger partial charge is 0.381 e. The Morgan fingerprint density at radius 2 is 1.94 bits per heavy atom. The summed E-state index contributed by atoms with van der Waals surface area (Å²) < 4.78 is 15.1. The zero-order valence-corrected chi connectivity index (χ0v) is 18.4. The van der Waals surface area contributed by atoms with E-state index >= 15 is 0 Å². The van der Waals surface area contributed by atoms with Crippen LogP contribution in [0.2, 0.25) is 0 Å². The summed E-state index contributed by atoms with van der Waals surface area (Å²) in [7, 11) is 1.91. The maximum atomic E-state index is 10.9. The average molecular weight is 434 g/mol. The Labute approximate surface area is 185 Å². The molecule has 4 aromatic rings. The Hall–Kier alpha value is -2.81. The summed E-state index contributed by atoms with van der Waals surface area (Å²) in [6.07, 6.45) is 4.01. The molecule has 0 spiro atoms. The number of aliphatic hydroxyl groups is 1. The number of pyridine rings is 1. The summed E-state index contributed by atoms with van der Waals surface area (Å²) in [4.78, 5) is 4.89. The van der Waals surface area contributed by atoms with Gasteiger partial charge in [0.05, 0.1) is 41.2 Å². The Morgan fingerprint density at radius 3 is 2.62 bits per heavy atom. The standard InChI is InChI=1S/C24H27N5O3/c1-15-23(28(2)27-26-15)17-9-21-22(25-11-17)19-4-3-18(24(30)13-32-14-24)10-20(19)29(21)12-16-5-7-31-8-6-16/h3-4,9-11,16,30H,5-8,12-14H2,1-2H3. The van der Waals surface area contributed by atoms with Crippen LogP contribution in [0.5, 0.6) is 0 Å². The van der Waals surface area contributed by atoms with Crippen LogP contribution in [0.4, 0.5) is 0 Å². The van der Waals surface area contributed by atoms with Crippen LogP contribution in [0.1, 0.15) is 24.1 Å². The molecule has 0 aliphatic carbocycles. The molecule has 0 unspecified atom stereocenters. The van der Waals surface area contributed by atoms with Crippen molar-refractivity contribution < 1.29 is 14.6 Å². The van der Waals surface area contributed by atoms with Crippen molar-refractivity contribution in [3.63, 3.8) is 0 Å². The van der Waals surface area contributed by atoms with Gasteiger partial charge in [-0.1, -0.05) is 17.3 Å². The van der Waals surface area contributed by atoms with Crippen LogP contribution in [0.15, 0.2) is 30.5 Å².